The maximum atomic E-state index is 10.5. The predicted octanol–water partition coefficient (Wildman–Crippen LogP) is 2.00. The average Bonchev–Trinajstić information content (AvgIpc) is 1.98. The number of alkyl halides is 3. The molecule has 0 unspecified atom stereocenters. The van der Waals surface area contributed by atoms with Crippen LogP contribution in [0, 0.1) is 0 Å². The van der Waals surface area contributed by atoms with Gasteiger partial charge in [-0.05, 0) is 0 Å². The lowest BCUT2D eigenvalue weighted by molar-refractivity contribution is -0.145. The Hall–Kier alpha value is 0.340. The van der Waals surface area contributed by atoms with Crippen molar-refractivity contribution in [2.45, 2.75) is 18.4 Å². The van der Waals surface area contributed by atoms with Crippen molar-refractivity contribution in [2.75, 3.05) is 11.8 Å². The van der Waals surface area contributed by atoms with E-state index in [2.05, 4.69) is 0 Å². The summed E-state index contributed by atoms with van der Waals surface area (Å²) in [7, 11) is 0. The summed E-state index contributed by atoms with van der Waals surface area (Å²) >= 11 is 16.6. The lowest BCUT2D eigenvalue weighted by atomic mass is 10.3. The van der Waals surface area contributed by atoms with Gasteiger partial charge in [0.15, 0.2) is 0 Å². The van der Waals surface area contributed by atoms with E-state index >= 15 is 0 Å². The van der Waals surface area contributed by atoms with E-state index in [1.807, 2.05) is 0 Å². The van der Waals surface area contributed by atoms with E-state index in [9.17, 15) is 4.79 Å². The fourth-order valence-corrected chi connectivity index (χ4v) is 1.22. The molecule has 2 atom stereocenters. The minimum Gasteiger partial charge on any atom is -0.460 e. The van der Waals surface area contributed by atoms with Gasteiger partial charge in [0.2, 0.25) is 0 Å². The van der Waals surface area contributed by atoms with Crippen molar-refractivity contribution < 1.29 is 9.53 Å². The van der Waals surface area contributed by atoms with Gasteiger partial charge in [0.05, 0.1) is 11.3 Å². The van der Waals surface area contributed by atoms with Gasteiger partial charge in [-0.25, -0.2) is 0 Å². The Balaban J connectivity index is 3.84. The number of halogens is 3. The molecule has 0 bridgehead atoms. The largest absolute Gasteiger partial charge is 0.460 e. The number of esters is 1. The predicted molar refractivity (Wildman–Crippen MR) is 46.6 cm³/mol. The van der Waals surface area contributed by atoms with Gasteiger partial charge in [0.25, 0.3) is 0 Å². The van der Waals surface area contributed by atoms with Crippen LogP contribution in [0.4, 0.5) is 0 Å². The number of hydrogen-bond acceptors (Lipinski definition) is 2. The minimum absolute atomic E-state index is 0.167. The molecule has 0 aliphatic rings. The van der Waals surface area contributed by atoms with E-state index in [1.165, 1.54) is 6.92 Å². The van der Waals surface area contributed by atoms with Gasteiger partial charge < -0.3 is 4.74 Å². The number of hydrogen-bond donors (Lipinski definition) is 0. The van der Waals surface area contributed by atoms with Crippen LogP contribution in [0.3, 0.4) is 0 Å². The molecule has 66 valence electrons. The lowest BCUT2D eigenvalue weighted by Gasteiger charge is -2.17. The van der Waals surface area contributed by atoms with Crippen LogP contribution in [0.5, 0.6) is 0 Å². The second kappa shape index (κ2) is 5.92. The summed E-state index contributed by atoms with van der Waals surface area (Å²) < 4.78 is 4.76. The highest BCUT2D eigenvalue weighted by atomic mass is 35.5. The van der Waals surface area contributed by atoms with Crippen LogP contribution in [0.1, 0.15) is 6.92 Å². The summed E-state index contributed by atoms with van der Waals surface area (Å²) in [5.41, 5.74) is 0. The third-order valence-corrected chi connectivity index (χ3v) is 2.25. The normalized spacial score (nSPS) is 15.6. The van der Waals surface area contributed by atoms with Crippen LogP contribution in [0.25, 0.3) is 0 Å². The van der Waals surface area contributed by atoms with Gasteiger partial charge >= 0.3 is 5.97 Å². The van der Waals surface area contributed by atoms with Gasteiger partial charge in [-0.1, -0.05) is 0 Å². The summed E-state index contributed by atoms with van der Waals surface area (Å²) in [6.45, 7) is 1.30. The molecule has 0 rings (SSSR count). The highest BCUT2D eigenvalue weighted by Gasteiger charge is 2.19. The Labute approximate surface area is 80.7 Å². The van der Waals surface area contributed by atoms with E-state index in [0.29, 0.717) is 0 Å². The Morgan fingerprint density at radius 2 is 2.00 bits per heavy atom. The Morgan fingerprint density at radius 3 is 2.27 bits per heavy atom. The molecule has 0 aliphatic carbocycles. The van der Waals surface area contributed by atoms with Crippen molar-refractivity contribution >= 4 is 40.8 Å². The van der Waals surface area contributed by atoms with Gasteiger partial charge in [0, 0.05) is 12.8 Å². The SMILES string of the molecule is CC(=O)O[C@@H](CCl)[C@@H](Cl)CCl. The molecular weight excluding hydrogens is 210 g/mol. The van der Waals surface area contributed by atoms with E-state index in [-0.39, 0.29) is 11.8 Å². The van der Waals surface area contributed by atoms with Crippen LogP contribution in [-0.2, 0) is 9.53 Å². The molecule has 0 aromatic heterocycles. The van der Waals surface area contributed by atoms with Crippen LogP contribution < -0.4 is 0 Å². The van der Waals surface area contributed by atoms with Crippen molar-refractivity contribution in [2.24, 2.45) is 0 Å². The number of rotatable bonds is 4. The van der Waals surface area contributed by atoms with E-state index < -0.39 is 17.5 Å². The Morgan fingerprint density at radius 1 is 1.45 bits per heavy atom. The first kappa shape index (κ1) is 11.3. The van der Waals surface area contributed by atoms with Crippen LogP contribution >= 0.6 is 34.8 Å². The average molecular weight is 219 g/mol. The second-order valence-electron chi connectivity index (χ2n) is 1.97. The number of ether oxygens (including phenoxy) is 1. The molecule has 0 saturated heterocycles. The van der Waals surface area contributed by atoms with Crippen LogP contribution in [-0.4, -0.2) is 29.2 Å². The number of carbonyl (C=O) groups is 1. The molecule has 0 N–H and O–H groups in total. The zero-order valence-corrected chi connectivity index (χ0v) is 8.29. The van der Waals surface area contributed by atoms with E-state index in [1.54, 1.807) is 0 Å². The first-order chi connectivity index (χ1) is 5.11. The molecule has 0 aliphatic heterocycles. The number of carbonyl (C=O) groups excluding carboxylic acids is 1. The van der Waals surface area contributed by atoms with Crippen molar-refractivity contribution in [1.82, 2.24) is 0 Å². The summed E-state index contributed by atoms with van der Waals surface area (Å²) in [4.78, 5) is 10.5. The van der Waals surface area contributed by atoms with Crippen molar-refractivity contribution in [3.8, 4) is 0 Å². The van der Waals surface area contributed by atoms with Gasteiger partial charge in [-0.15, -0.1) is 34.8 Å². The van der Waals surface area contributed by atoms with Crippen molar-refractivity contribution in [3.63, 3.8) is 0 Å². The second-order valence-corrected chi connectivity index (χ2v) is 3.15. The molecule has 0 spiro atoms. The molecule has 0 saturated carbocycles. The Bertz CT molecular complexity index is 129. The Kier molecular flexibility index (Phi) is 6.11. The highest BCUT2D eigenvalue weighted by Crippen LogP contribution is 2.10. The van der Waals surface area contributed by atoms with E-state index in [4.69, 9.17) is 39.5 Å². The monoisotopic (exact) mass is 218 g/mol. The fraction of sp³-hybridized carbons (Fsp3) is 0.833. The van der Waals surface area contributed by atoms with Gasteiger partial charge in [0.1, 0.15) is 6.10 Å². The molecule has 0 radical (unpaired) electrons. The fourth-order valence-electron chi connectivity index (χ4n) is 0.515. The summed E-state index contributed by atoms with van der Waals surface area (Å²) in [5, 5.41) is -0.418. The lowest BCUT2D eigenvalue weighted by Crippen LogP contribution is -2.29. The summed E-state index contributed by atoms with van der Waals surface area (Å²) in [6.07, 6.45) is -0.492. The third kappa shape index (κ3) is 4.72. The van der Waals surface area contributed by atoms with Crippen LogP contribution in [0.2, 0.25) is 0 Å². The minimum atomic E-state index is -0.492. The summed E-state index contributed by atoms with van der Waals surface area (Å²) in [5.74, 6) is -0.0152. The molecule has 0 aromatic rings. The topological polar surface area (TPSA) is 26.3 Å². The first-order valence-corrected chi connectivity index (χ1v) is 4.55. The van der Waals surface area contributed by atoms with Crippen molar-refractivity contribution in [1.29, 1.82) is 0 Å². The highest BCUT2D eigenvalue weighted by molar-refractivity contribution is 6.29. The maximum Gasteiger partial charge on any atom is 0.302 e. The molecule has 0 fully saturated rings. The molecule has 2 nitrogen and oxygen atoms in total. The van der Waals surface area contributed by atoms with Crippen molar-refractivity contribution in [3.05, 3.63) is 0 Å². The molecule has 5 heteroatoms. The first-order valence-electron chi connectivity index (χ1n) is 3.05. The smallest absolute Gasteiger partial charge is 0.302 e. The molecule has 0 heterocycles. The van der Waals surface area contributed by atoms with Crippen LogP contribution in [0.15, 0.2) is 0 Å². The molecule has 0 aromatic carbocycles. The standard InChI is InChI=1S/C6H9Cl3O2/c1-4(10)11-6(3-8)5(9)2-7/h5-6H,2-3H2,1H3/t5-,6-/m0/s1. The third-order valence-electron chi connectivity index (χ3n) is 1.02. The molecule has 11 heavy (non-hydrogen) atoms. The van der Waals surface area contributed by atoms with Gasteiger partial charge in [-0.2, -0.15) is 0 Å². The van der Waals surface area contributed by atoms with E-state index in [0.717, 1.165) is 0 Å². The molecular formula is C6H9Cl3O2. The van der Waals surface area contributed by atoms with Gasteiger partial charge in [-0.3, -0.25) is 4.79 Å². The zero-order valence-electron chi connectivity index (χ0n) is 6.02. The quantitative estimate of drug-likeness (QED) is 0.534. The molecule has 0 amide bonds. The maximum absolute atomic E-state index is 10.5. The summed E-state index contributed by atoms with van der Waals surface area (Å²) in [6, 6.07) is 0. The zero-order chi connectivity index (χ0) is 8.85.